The molecule has 9 heteroatoms. The van der Waals surface area contributed by atoms with Crippen molar-refractivity contribution in [2.24, 2.45) is 0 Å². The number of likely N-dealkylation sites (N-methyl/N-ethyl adjacent to an activating group) is 1. The summed E-state index contributed by atoms with van der Waals surface area (Å²) < 4.78 is 5.18. The molecule has 2 aliphatic heterocycles. The minimum atomic E-state index is -0.449. The van der Waals surface area contributed by atoms with Crippen molar-refractivity contribution in [2.45, 2.75) is 19.0 Å². The summed E-state index contributed by atoms with van der Waals surface area (Å²) in [5.74, 6) is 0.371. The quantitative estimate of drug-likeness (QED) is 0.774. The Kier molecular flexibility index (Phi) is 4.91. The molecule has 0 aliphatic carbocycles. The Bertz CT molecular complexity index is 920. The minimum absolute atomic E-state index is 0.142. The summed E-state index contributed by atoms with van der Waals surface area (Å²) >= 11 is 1.52. The number of carbonyl (C=O) groups is 3. The van der Waals surface area contributed by atoms with Crippen LogP contribution in [0.2, 0.25) is 0 Å². The van der Waals surface area contributed by atoms with Gasteiger partial charge in [0.05, 0.1) is 36.7 Å². The molecule has 4 heterocycles. The van der Waals surface area contributed by atoms with Crippen molar-refractivity contribution in [3.63, 3.8) is 0 Å². The van der Waals surface area contributed by atoms with Crippen LogP contribution in [0.25, 0.3) is 0 Å². The van der Waals surface area contributed by atoms with Gasteiger partial charge in [0.1, 0.15) is 5.76 Å². The molecule has 0 fully saturated rings. The van der Waals surface area contributed by atoms with Crippen molar-refractivity contribution in [1.82, 2.24) is 20.4 Å². The monoisotopic (exact) mass is 400 g/mol. The molecule has 2 aromatic rings. The lowest BCUT2D eigenvalue weighted by molar-refractivity contribution is -0.127. The SMILES string of the molecule is CN1C(=O)NC(c2ccsc2)C2=C1CN(CCC(=O)NCc1ccco1)C2=O. The maximum Gasteiger partial charge on any atom is 0.322 e. The Hall–Kier alpha value is -3.07. The van der Waals surface area contributed by atoms with Crippen LogP contribution in [0.1, 0.15) is 23.8 Å². The second-order valence-electron chi connectivity index (χ2n) is 6.69. The van der Waals surface area contributed by atoms with E-state index in [4.69, 9.17) is 4.42 Å². The van der Waals surface area contributed by atoms with Gasteiger partial charge in [0.15, 0.2) is 0 Å². The van der Waals surface area contributed by atoms with Crippen molar-refractivity contribution in [3.05, 3.63) is 57.8 Å². The lowest BCUT2D eigenvalue weighted by Crippen LogP contribution is -2.45. The fraction of sp³-hybridized carbons (Fsp3) is 0.316. The first-order valence-electron chi connectivity index (χ1n) is 8.92. The summed E-state index contributed by atoms with van der Waals surface area (Å²) in [4.78, 5) is 40.5. The summed E-state index contributed by atoms with van der Waals surface area (Å²) in [7, 11) is 1.65. The van der Waals surface area contributed by atoms with Crippen LogP contribution in [0.4, 0.5) is 4.79 Å². The van der Waals surface area contributed by atoms with E-state index in [1.807, 2.05) is 16.8 Å². The smallest absolute Gasteiger partial charge is 0.322 e. The Morgan fingerprint density at radius 1 is 1.39 bits per heavy atom. The molecule has 0 radical (unpaired) electrons. The van der Waals surface area contributed by atoms with Gasteiger partial charge in [-0.15, -0.1) is 0 Å². The number of hydrogen-bond acceptors (Lipinski definition) is 5. The number of thiophene rings is 1. The van der Waals surface area contributed by atoms with Crippen molar-refractivity contribution >= 4 is 29.2 Å². The first-order valence-corrected chi connectivity index (χ1v) is 9.86. The zero-order valence-corrected chi connectivity index (χ0v) is 16.1. The molecule has 8 nitrogen and oxygen atoms in total. The molecule has 1 atom stereocenters. The number of nitrogens with one attached hydrogen (secondary N) is 2. The number of carbonyl (C=O) groups excluding carboxylic acids is 3. The van der Waals surface area contributed by atoms with Gasteiger partial charge in [-0.1, -0.05) is 0 Å². The van der Waals surface area contributed by atoms with Crippen molar-refractivity contribution < 1.29 is 18.8 Å². The van der Waals surface area contributed by atoms with Crippen molar-refractivity contribution in [2.75, 3.05) is 20.1 Å². The normalized spacial score (nSPS) is 19.1. The maximum atomic E-state index is 13.0. The van der Waals surface area contributed by atoms with E-state index >= 15 is 0 Å². The van der Waals surface area contributed by atoms with Crippen LogP contribution in [-0.2, 0) is 16.1 Å². The average Bonchev–Trinajstić information content (AvgIpc) is 3.43. The third-order valence-electron chi connectivity index (χ3n) is 4.96. The van der Waals surface area contributed by atoms with Crippen molar-refractivity contribution in [1.29, 1.82) is 0 Å². The molecule has 4 rings (SSSR count). The zero-order valence-electron chi connectivity index (χ0n) is 15.3. The number of furan rings is 1. The fourth-order valence-corrected chi connectivity index (χ4v) is 4.10. The maximum absolute atomic E-state index is 13.0. The second-order valence-corrected chi connectivity index (χ2v) is 7.47. The lowest BCUT2D eigenvalue weighted by atomic mass is 9.98. The van der Waals surface area contributed by atoms with Gasteiger partial charge in [-0.2, -0.15) is 11.3 Å². The largest absolute Gasteiger partial charge is 0.467 e. The Balaban J connectivity index is 1.41. The molecule has 4 amide bonds. The van der Waals surface area contributed by atoms with E-state index in [1.165, 1.54) is 16.2 Å². The van der Waals surface area contributed by atoms with Crippen molar-refractivity contribution in [3.8, 4) is 0 Å². The van der Waals surface area contributed by atoms with Crippen LogP contribution < -0.4 is 10.6 Å². The number of rotatable bonds is 6. The number of amides is 4. The van der Waals surface area contributed by atoms with Crippen LogP contribution in [0.5, 0.6) is 0 Å². The molecule has 0 saturated carbocycles. The van der Waals surface area contributed by atoms with Crippen LogP contribution in [0.15, 0.2) is 50.9 Å². The molecule has 0 saturated heterocycles. The van der Waals surface area contributed by atoms with E-state index in [9.17, 15) is 14.4 Å². The standard InChI is InChI=1S/C19H20N4O4S/c1-22-14-10-23(6-4-15(24)20-9-13-3-2-7-27-13)18(25)16(14)17(21-19(22)26)12-5-8-28-11-12/h2-3,5,7-8,11,17H,4,6,9-10H2,1H3,(H,20,24)(H,21,26). The lowest BCUT2D eigenvalue weighted by Gasteiger charge is -2.30. The van der Waals surface area contributed by atoms with Gasteiger partial charge in [-0.3, -0.25) is 14.5 Å². The minimum Gasteiger partial charge on any atom is -0.467 e. The molecule has 0 bridgehead atoms. The van der Waals surface area contributed by atoms with Crippen LogP contribution in [-0.4, -0.2) is 47.8 Å². The third kappa shape index (κ3) is 3.40. The molecule has 2 aliphatic rings. The van der Waals surface area contributed by atoms with E-state index in [1.54, 1.807) is 30.3 Å². The van der Waals surface area contributed by atoms with E-state index in [0.29, 0.717) is 30.1 Å². The Morgan fingerprint density at radius 2 is 2.25 bits per heavy atom. The topological polar surface area (TPSA) is 94.9 Å². The highest BCUT2D eigenvalue weighted by atomic mass is 32.1. The van der Waals surface area contributed by atoms with Crippen LogP contribution in [0.3, 0.4) is 0 Å². The summed E-state index contributed by atoms with van der Waals surface area (Å²) in [5, 5.41) is 9.51. The first-order chi connectivity index (χ1) is 13.5. The first kappa shape index (κ1) is 18.3. The third-order valence-corrected chi connectivity index (χ3v) is 5.66. The highest BCUT2D eigenvalue weighted by molar-refractivity contribution is 7.08. The van der Waals surface area contributed by atoms with E-state index in [2.05, 4.69) is 10.6 Å². The van der Waals surface area contributed by atoms with Crippen LogP contribution >= 0.6 is 11.3 Å². The van der Waals surface area contributed by atoms with Gasteiger partial charge in [-0.05, 0) is 34.5 Å². The molecule has 1 unspecified atom stereocenters. The molecule has 2 N–H and O–H groups in total. The zero-order chi connectivity index (χ0) is 19.7. The molecular weight excluding hydrogens is 380 g/mol. The fourth-order valence-electron chi connectivity index (χ4n) is 3.42. The number of urea groups is 1. The highest BCUT2D eigenvalue weighted by Crippen LogP contribution is 2.36. The van der Waals surface area contributed by atoms with Gasteiger partial charge in [0.2, 0.25) is 5.91 Å². The van der Waals surface area contributed by atoms with Gasteiger partial charge >= 0.3 is 6.03 Å². The summed E-state index contributed by atoms with van der Waals surface area (Å²) in [6, 6.07) is 4.77. The van der Waals surface area contributed by atoms with Gasteiger partial charge in [0, 0.05) is 20.0 Å². The van der Waals surface area contributed by atoms with E-state index in [0.717, 1.165) is 5.56 Å². The molecule has 0 spiro atoms. The molecule has 28 heavy (non-hydrogen) atoms. The molecule has 2 aromatic heterocycles. The predicted molar refractivity (Wildman–Crippen MR) is 102 cm³/mol. The van der Waals surface area contributed by atoms with E-state index in [-0.39, 0.29) is 30.8 Å². The average molecular weight is 400 g/mol. The Morgan fingerprint density at radius 3 is 2.96 bits per heavy atom. The Labute approximate surface area is 165 Å². The summed E-state index contributed by atoms with van der Waals surface area (Å²) in [6.45, 7) is 0.925. The van der Waals surface area contributed by atoms with Gasteiger partial charge in [0.25, 0.3) is 5.91 Å². The molecular formula is C19H20N4O4S. The summed E-state index contributed by atoms with van der Waals surface area (Å²) in [5.41, 5.74) is 2.17. The number of hydrogen-bond donors (Lipinski definition) is 2. The molecule has 0 aromatic carbocycles. The molecule has 146 valence electrons. The van der Waals surface area contributed by atoms with Gasteiger partial charge < -0.3 is 20.0 Å². The second kappa shape index (κ2) is 7.51. The summed E-state index contributed by atoms with van der Waals surface area (Å²) in [6.07, 6.45) is 1.73. The highest BCUT2D eigenvalue weighted by Gasteiger charge is 2.42. The van der Waals surface area contributed by atoms with E-state index < -0.39 is 6.04 Å². The van der Waals surface area contributed by atoms with Crippen LogP contribution in [0, 0.1) is 0 Å². The predicted octanol–water partition coefficient (Wildman–Crippen LogP) is 1.84. The van der Waals surface area contributed by atoms with Gasteiger partial charge in [-0.25, -0.2) is 4.79 Å². The number of nitrogens with zero attached hydrogens (tertiary/aromatic N) is 2.